The van der Waals surface area contributed by atoms with Gasteiger partial charge in [0.1, 0.15) is 11.6 Å². The summed E-state index contributed by atoms with van der Waals surface area (Å²) in [4.78, 5) is 15.7. The average molecular weight is 364 g/mol. The Kier molecular flexibility index (Phi) is 3.54. The van der Waals surface area contributed by atoms with Gasteiger partial charge in [-0.05, 0) is 48.5 Å². The molecule has 2 aliphatic rings. The molecule has 2 atom stereocenters. The highest BCUT2D eigenvalue weighted by atomic mass is 32.2. The van der Waals surface area contributed by atoms with Crippen molar-refractivity contribution >= 4 is 27.2 Å². The topological polar surface area (TPSA) is 57.7 Å². The number of carbonyl (C=O) groups excluding carboxylic acids is 1. The van der Waals surface area contributed by atoms with E-state index in [1.807, 2.05) is 0 Å². The molecule has 0 radical (unpaired) electrons. The Balaban J connectivity index is 1.79. The van der Waals surface area contributed by atoms with Crippen molar-refractivity contribution in [3.63, 3.8) is 0 Å². The summed E-state index contributed by atoms with van der Waals surface area (Å²) in [6.07, 6.45) is 0. The first-order valence-corrected chi connectivity index (χ1v) is 9.52. The van der Waals surface area contributed by atoms with Crippen molar-refractivity contribution in [2.75, 3.05) is 21.3 Å². The Morgan fingerprint density at radius 1 is 0.760 bits per heavy atom. The molecule has 2 heterocycles. The lowest BCUT2D eigenvalue weighted by Gasteiger charge is -2.22. The van der Waals surface area contributed by atoms with Crippen LogP contribution in [-0.4, -0.2) is 38.0 Å². The zero-order chi connectivity index (χ0) is 17.8. The van der Waals surface area contributed by atoms with Gasteiger partial charge in [-0.3, -0.25) is 9.80 Å². The number of hydrogen-bond donors (Lipinski definition) is 0. The highest BCUT2D eigenvalue weighted by molar-refractivity contribution is 7.91. The number of benzene rings is 2. The van der Waals surface area contributed by atoms with Gasteiger partial charge >= 0.3 is 6.03 Å². The summed E-state index contributed by atoms with van der Waals surface area (Å²) in [6.45, 7) is 0. The molecule has 5 nitrogen and oxygen atoms in total. The maximum absolute atomic E-state index is 13.2. The summed E-state index contributed by atoms with van der Waals surface area (Å²) in [5.41, 5.74) is 0.867. The van der Waals surface area contributed by atoms with Crippen LogP contribution >= 0.6 is 0 Å². The lowest BCUT2D eigenvalue weighted by atomic mass is 10.1. The highest BCUT2D eigenvalue weighted by Gasteiger charge is 2.54. The van der Waals surface area contributed by atoms with Crippen LogP contribution < -0.4 is 9.80 Å². The molecule has 25 heavy (non-hydrogen) atoms. The van der Waals surface area contributed by atoms with E-state index < -0.39 is 39.6 Å². The minimum atomic E-state index is -3.31. The van der Waals surface area contributed by atoms with E-state index in [9.17, 15) is 22.0 Å². The monoisotopic (exact) mass is 364 g/mol. The van der Waals surface area contributed by atoms with Gasteiger partial charge in [0.25, 0.3) is 0 Å². The molecule has 2 aliphatic heterocycles. The number of urea groups is 1. The van der Waals surface area contributed by atoms with Crippen LogP contribution in [0.3, 0.4) is 0 Å². The van der Waals surface area contributed by atoms with Gasteiger partial charge in [0.15, 0.2) is 9.84 Å². The van der Waals surface area contributed by atoms with Crippen molar-refractivity contribution in [2.24, 2.45) is 0 Å². The molecular formula is C17H14F2N2O3S. The fourth-order valence-electron chi connectivity index (χ4n) is 3.51. The largest absolute Gasteiger partial charge is 0.329 e. The first kappa shape index (κ1) is 16.0. The molecular weight excluding hydrogens is 350 g/mol. The molecule has 0 aromatic heterocycles. The van der Waals surface area contributed by atoms with Crippen LogP contribution in [0, 0.1) is 11.6 Å². The molecule has 4 rings (SSSR count). The lowest BCUT2D eigenvalue weighted by molar-refractivity contribution is 0.255. The van der Waals surface area contributed by atoms with Crippen molar-refractivity contribution in [3.8, 4) is 0 Å². The van der Waals surface area contributed by atoms with E-state index in [4.69, 9.17) is 0 Å². The third-order valence-electron chi connectivity index (χ3n) is 4.58. The van der Waals surface area contributed by atoms with Gasteiger partial charge in [-0.2, -0.15) is 0 Å². The van der Waals surface area contributed by atoms with Crippen LogP contribution in [0.2, 0.25) is 0 Å². The normalized spacial score (nSPS) is 24.6. The van der Waals surface area contributed by atoms with Crippen molar-refractivity contribution in [3.05, 3.63) is 60.2 Å². The third-order valence-corrected chi connectivity index (χ3v) is 6.28. The van der Waals surface area contributed by atoms with Crippen LogP contribution in [0.1, 0.15) is 0 Å². The summed E-state index contributed by atoms with van der Waals surface area (Å²) in [5, 5.41) is 0. The minimum Gasteiger partial charge on any atom is -0.288 e. The molecule has 2 aromatic carbocycles. The van der Waals surface area contributed by atoms with Crippen molar-refractivity contribution in [1.82, 2.24) is 0 Å². The summed E-state index contributed by atoms with van der Waals surface area (Å²) in [5.74, 6) is -1.19. The second-order valence-corrected chi connectivity index (χ2v) is 8.34. The molecule has 0 aliphatic carbocycles. The van der Waals surface area contributed by atoms with E-state index in [0.717, 1.165) is 0 Å². The molecule has 8 heteroatoms. The molecule has 0 bridgehead atoms. The van der Waals surface area contributed by atoms with Gasteiger partial charge in [0.05, 0.1) is 23.6 Å². The molecule has 2 saturated heterocycles. The maximum atomic E-state index is 13.2. The van der Waals surface area contributed by atoms with Gasteiger partial charge in [-0.25, -0.2) is 22.0 Å². The minimum absolute atomic E-state index is 0.154. The highest BCUT2D eigenvalue weighted by Crippen LogP contribution is 2.37. The van der Waals surface area contributed by atoms with Crippen LogP contribution in [0.4, 0.5) is 25.0 Å². The molecule has 0 spiro atoms. The average Bonchev–Trinajstić information content (AvgIpc) is 2.99. The number of hydrogen-bond acceptors (Lipinski definition) is 3. The number of halogens is 2. The standard InChI is InChI=1S/C17H14F2N2O3S/c18-11-1-5-13(6-2-11)20-15-9-25(23,24)10-16(15)21(17(20)22)14-7-3-12(19)4-8-14/h1-8,15-16H,9-10H2/t15-,16+. The fourth-order valence-corrected chi connectivity index (χ4v) is 5.43. The Labute approximate surface area is 143 Å². The Hall–Kier alpha value is -2.48. The molecule has 130 valence electrons. The number of amides is 2. The van der Waals surface area contributed by atoms with E-state index in [1.165, 1.54) is 58.3 Å². The van der Waals surface area contributed by atoms with Gasteiger partial charge in [0.2, 0.25) is 0 Å². The molecule has 0 unspecified atom stereocenters. The summed E-state index contributed by atoms with van der Waals surface area (Å²) in [7, 11) is -3.31. The second kappa shape index (κ2) is 5.52. The summed E-state index contributed by atoms with van der Waals surface area (Å²) in [6, 6.07) is 9.16. The Morgan fingerprint density at radius 3 is 1.48 bits per heavy atom. The number of sulfone groups is 1. The predicted molar refractivity (Wildman–Crippen MR) is 89.4 cm³/mol. The van der Waals surface area contributed by atoms with Crippen molar-refractivity contribution in [2.45, 2.75) is 12.1 Å². The zero-order valence-electron chi connectivity index (χ0n) is 13.0. The first-order chi connectivity index (χ1) is 11.9. The quantitative estimate of drug-likeness (QED) is 0.770. The number of nitrogens with zero attached hydrogens (tertiary/aromatic N) is 2. The van der Waals surface area contributed by atoms with Gasteiger partial charge < -0.3 is 0 Å². The number of fused-ring (bicyclic) bond motifs is 1. The van der Waals surface area contributed by atoms with E-state index >= 15 is 0 Å². The van der Waals surface area contributed by atoms with Crippen LogP contribution in [0.5, 0.6) is 0 Å². The summed E-state index contributed by atoms with van der Waals surface area (Å²) < 4.78 is 50.6. The smallest absolute Gasteiger partial charge is 0.288 e. The molecule has 0 N–H and O–H groups in total. The third kappa shape index (κ3) is 2.66. The predicted octanol–water partition coefficient (Wildman–Crippen LogP) is 2.58. The van der Waals surface area contributed by atoms with Crippen molar-refractivity contribution < 1.29 is 22.0 Å². The van der Waals surface area contributed by atoms with Crippen LogP contribution in [-0.2, 0) is 9.84 Å². The molecule has 0 saturated carbocycles. The molecule has 2 amide bonds. The number of carbonyl (C=O) groups is 1. The Bertz CT molecular complexity index is 860. The van der Waals surface area contributed by atoms with E-state index in [0.29, 0.717) is 11.4 Å². The number of anilines is 2. The number of rotatable bonds is 2. The van der Waals surface area contributed by atoms with Gasteiger partial charge in [-0.1, -0.05) is 0 Å². The second-order valence-electron chi connectivity index (χ2n) is 6.19. The molecule has 2 fully saturated rings. The summed E-state index contributed by atoms with van der Waals surface area (Å²) >= 11 is 0. The van der Waals surface area contributed by atoms with E-state index in [2.05, 4.69) is 0 Å². The fraction of sp³-hybridized carbons (Fsp3) is 0.235. The maximum Gasteiger partial charge on any atom is 0.329 e. The van der Waals surface area contributed by atoms with E-state index in [1.54, 1.807) is 0 Å². The first-order valence-electron chi connectivity index (χ1n) is 7.70. The van der Waals surface area contributed by atoms with Crippen LogP contribution in [0.25, 0.3) is 0 Å². The lowest BCUT2D eigenvalue weighted by Crippen LogP contribution is -2.37. The Morgan fingerprint density at radius 2 is 1.12 bits per heavy atom. The molecule has 2 aromatic rings. The van der Waals surface area contributed by atoms with Gasteiger partial charge in [0, 0.05) is 11.4 Å². The van der Waals surface area contributed by atoms with Gasteiger partial charge in [-0.15, -0.1) is 0 Å². The zero-order valence-corrected chi connectivity index (χ0v) is 13.8. The van der Waals surface area contributed by atoms with E-state index in [-0.39, 0.29) is 11.5 Å². The SMILES string of the molecule is O=C1N(c2ccc(F)cc2)[C@@H]2CS(=O)(=O)C[C@@H]2N1c1ccc(F)cc1. The van der Waals surface area contributed by atoms with Crippen LogP contribution in [0.15, 0.2) is 48.5 Å². The van der Waals surface area contributed by atoms with Crippen molar-refractivity contribution in [1.29, 1.82) is 0 Å².